The fourth-order valence-corrected chi connectivity index (χ4v) is 5.72. The lowest BCUT2D eigenvalue weighted by Gasteiger charge is -2.33. The molecule has 3 amide bonds. The van der Waals surface area contributed by atoms with E-state index in [1.165, 1.54) is 4.90 Å². The molecule has 4 aromatic rings. The molecule has 8 heteroatoms. The van der Waals surface area contributed by atoms with Crippen LogP contribution in [-0.2, 0) is 22.6 Å². The van der Waals surface area contributed by atoms with E-state index in [1.807, 2.05) is 60.7 Å². The molecule has 0 saturated heterocycles. The van der Waals surface area contributed by atoms with Gasteiger partial charge in [-0.25, -0.2) is 0 Å². The molecule has 1 atom stereocenters. The van der Waals surface area contributed by atoms with Crippen LogP contribution < -0.4 is 10.2 Å². The minimum Gasteiger partial charge on any atom is -0.354 e. The van der Waals surface area contributed by atoms with Gasteiger partial charge in [-0.15, -0.1) is 0 Å². The molecule has 0 spiro atoms. The molecular formula is C33H31Cl2N3O3. The van der Waals surface area contributed by atoms with Crippen LogP contribution in [-0.4, -0.2) is 41.8 Å². The van der Waals surface area contributed by atoms with Crippen LogP contribution in [0.3, 0.4) is 0 Å². The van der Waals surface area contributed by atoms with Gasteiger partial charge in [-0.1, -0.05) is 97.2 Å². The van der Waals surface area contributed by atoms with E-state index in [0.29, 0.717) is 39.8 Å². The monoisotopic (exact) mass is 587 g/mol. The summed E-state index contributed by atoms with van der Waals surface area (Å²) in [6.45, 7) is 2.42. The van der Waals surface area contributed by atoms with Crippen LogP contribution >= 0.6 is 23.2 Å². The van der Waals surface area contributed by atoms with Crippen LogP contribution in [0.1, 0.15) is 41.3 Å². The van der Waals surface area contributed by atoms with Crippen molar-refractivity contribution in [3.8, 4) is 0 Å². The summed E-state index contributed by atoms with van der Waals surface area (Å²) >= 11 is 12.7. The number of rotatable bonds is 11. The largest absolute Gasteiger partial charge is 0.354 e. The lowest BCUT2D eigenvalue weighted by molar-refractivity contribution is -0.140. The molecule has 1 N–H and O–H groups in total. The third-order valence-corrected chi connectivity index (χ3v) is 7.99. The van der Waals surface area contributed by atoms with E-state index in [4.69, 9.17) is 23.2 Å². The molecule has 1 aliphatic heterocycles. The van der Waals surface area contributed by atoms with Crippen LogP contribution in [0.2, 0.25) is 10.0 Å². The normalized spacial score (nSPS) is 13.0. The molecule has 0 radical (unpaired) electrons. The second kappa shape index (κ2) is 12.8. The van der Waals surface area contributed by atoms with Gasteiger partial charge in [-0.05, 0) is 47.2 Å². The molecule has 6 nitrogen and oxygen atoms in total. The van der Waals surface area contributed by atoms with E-state index in [-0.39, 0.29) is 30.8 Å². The van der Waals surface area contributed by atoms with Crippen molar-refractivity contribution >= 4 is 57.4 Å². The molecule has 0 bridgehead atoms. The number of amides is 3. The predicted octanol–water partition coefficient (Wildman–Crippen LogP) is 6.66. The smallest absolute Gasteiger partial charge is 0.259 e. The van der Waals surface area contributed by atoms with Crippen LogP contribution in [0.25, 0.3) is 10.8 Å². The quantitative estimate of drug-likeness (QED) is 0.199. The van der Waals surface area contributed by atoms with E-state index >= 15 is 0 Å². The van der Waals surface area contributed by atoms with Crippen LogP contribution in [0.5, 0.6) is 0 Å². The van der Waals surface area contributed by atoms with Crippen molar-refractivity contribution in [2.75, 3.05) is 18.0 Å². The summed E-state index contributed by atoms with van der Waals surface area (Å²) in [5.41, 5.74) is 2.82. The zero-order valence-corrected chi connectivity index (χ0v) is 24.3. The predicted molar refractivity (Wildman–Crippen MR) is 164 cm³/mol. The number of carbonyl (C=O) groups excluding carboxylic acids is 3. The Kier molecular flexibility index (Phi) is 8.91. The number of benzene rings is 4. The Labute approximate surface area is 249 Å². The Hall–Kier alpha value is -3.87. The summed E-state index contributed by atoms with van der Waals surface area (Å²) in [4.78, 5) is 44.5. The van der Waals surface area contributed by atoms with Gasteiger partial charge in [0.05, 0.1) is 5.69 Å². The number of carbonyl (C=O) groups is 3. The van der Waals surface area contributed by atoms with Crippen molar-refractivity contribution in [3.05, 3.63) is 112 Å². The first-order valence-corrected chi connectivity index (χ1v) is 14.5. The van der Waals surface area contributed by atoms with E-state index in [9.17, 15) is 14.4 Å². The van der Waals surface area contributed by atoms with Gasteiger partial charge in [-0.2, -0.15) is 0 Å². The fourth-order valence-electron chi connectivity index (χ4n) is 5.26. The summed E-state index contributed by atoms with van der Waals surface area (Å²) < 4.78 is 0. The van der Waals surface area contributed by atoms with Gasteiger partial charge in [0.25, 0.3) is 5.91 Å². The lowest BCUT2D eigenvalue weighted by Crippen LogP contribution is -2.53. The van der Waals surface area contributed by atoms with Crippen molar-refractivity contribution in [1.82, 2.24) is 10.2 Å². The Morgan fingerprint density at radius 3 is 2.44 bits per heavy atom. The maximum atomic E-state index is 14.2. The molecule has 0 aliphatic carbocycles. The van der Waals surface area contributed by atoms with Crippen molar-refractivity contribution in [2.24, 2.45) is 0 Å². The Bertz CT molecular complexity index is 1590. The van der Waals surface area contributed by atoms with Crippen LogP contribution in [0, 0.1) is 0 Å². The Morgan fingerprint density at radius 2 is 1.71 bits per heavy atom. The van der Waals surface area contributed by atoms with Gasteiger partial charge < -0.3 is 10.2 Å². The third kappa shape index (κ3) is 6.24. The van der Waals surface area contributed by atoms with Crippen LogP contribution in [0.4, 0.5) is 5.69 Å². The van der Waals surface area contributed by atoms with Gasteiger partial charge in [0, 0.05) is 40.5 Å². The number of hydrogen-bond acceptors (Lipinski definition) is 3. The lowest BCUT2D eigenvalue weighted by atomic mass is 10.0. The molecular weight excluding hydrogens is 557 g/mol. The van der Waals surface area contributed by atoms with Crippen molar-refractivity contribution in [3.63, 3.8) is 0 Å². The maximum absolute atomic E-state index is 14.2. The van der Waals surface area contributed by atoms with Gasteiger partial charge in [0.15, 0.2) is 0 Å². The van der Waals surface area contributed by atoms with Gasteiger partial charge in [0.1, 0.15) is 12.6 Å². The summed E-state index contributed by atoms with van der Waals surface area (Å²) in [5, 5.41) is 5.65. The van der Waals surface area contributed by atoms with Gasteiger partial charge in [0.2, 0.25) is 11.8 Å². The highest BCUT2D eigenvalue weighted by Gasteiger charge is 2.36. The molecule has 1 unspecified atom stereocenters. The van der Waals surface area contributed by atoms with Gasteiger partial charge >= 0.3 is 0 Å². The first-order chi connectivity index (χ1) is 19.9. The van der Waals surface area contributed by atoms with E-state index in [0.717, 1.165) is 29.2 Å². The average Bonchev–Trinajstić information content (AvgIpc) is 3.24. The standard InChI is InChI=1S/C33H31Cl2N3O3/c1-2-3-17-36-32(40)29(18-22-9-5-4-6-10-22)37(20-24-15-16-25(34)19-27(24)35)30(39)21-38-28-14-8-12-23-11-7-13-26(31(23)28)33(38)41/h4-16,19,29H,2-3,17-18,20-21H2,1H3,(H,36,40). The Morgan fingerprint density at radius 1 is 0.951 bits per heavy atom. The minimum atomic E-state index is -0.829. The number of hydrogen-bond donors (Lipinski definition) is 1. The maximum Gasteiger partial charge on any atom is 0.259 e. The molecule has 0 fully saturated rings. The molecule has 4 aromatic carbocycles. The van der Waals surface area contributed by atoms with Crippen molar-refractivity contribution in [2.45, 2.75) is 38.8 Å². The van der Waals surface area contributed by atoms with E-state index in [1.54, 1.807) is 29.2 Å². The molecule has 5 rings (SSSR count). The van der Waals surface area contributed by atoms with Crippen molar-refractivity contribution < 1.29 is 14.4 Å². The minimum absolute atomic E-state index is 0.0761. The number of nitrogens with zero attached hydrogens (tertiary/aromatic N) is 2. The summed E-state index contributed by atoms with van der Waals surface area (Å²) in [6, 6.07) is 25.1. The Balaban J connectivity index is 1.51. The highest BCUT2D eigenvalue weighted by atomic mass is 35.5. The highest BCUT2D eigenvalue weighted by molar-refractivity contribution is 6.35. The first-order valence-electron chi connectivity index (χ1n) is 13.8. The number of unbranched alkanes of at least 4 members (excludes halogenated alkanes) is 1. The second-order valence-electron chi connectivity index (χ2n) is 10.2. The molecule has 0 saturated carbocycles. The molecule has 41 heavy (non-hydrogen) atoms. The number of nitrogens with one attached hydrogen (secondary N) is 1. The summed E-state index contributed by atoms with van der Waals surface area (Å²) in [5.74, 6) is -0.846. The van der Waals surface area contributed by atoms with Gasteiger partial charge in [-0.3, -0.25) is 19.3 Å². The molecule has 1 aliphatic rings. The SMILES string of the molecule is CCCCNC(=O)C(Cc1ccccc1)N(Cc1ccc(Cl)cc1Cl)C(=O)CN1C(=O)c2cccc3cccc1c23. The third-order valence-electron chi connectivity index (χ3n) is 7.40. The van der Waals surface area contributed by atoms with Crippen molar-refractivity contribution in [1.29, 1.82) is 0 Å². The highest BCUT2D eigenvalue weighted by Crippen LogP contribution is 2.37. The molecule has 1 heterocycles. The summed E-state index contributed by atoms with van der Waals surface area (Å²) in [7, 11) is 0. The van der Waals surface area contributed by atoms with Crippen LogP contribution in [0.15, 0.2) is 84.9 Å². The van der Waals surface area contributed by atoms with E-state index in [2.05, 4.69) is 12.2 Å². The average molecular weight is 589 g/mol. The number of halogens is 2. The topological polar surface area (TPSA) is 69.7 Å². The summed E-state index contributed by atoms with van der Waals surface area (Å²) in [6.07, 6.45) is 2.06. The second-order valence-corrected chi connectivity index (χ2v) is 11.0. The number of anilines is 1. The first kappa shape index (κ1) is 28.7. The van der Waals surface area contributed by atoms with E-state index < -0.39 is 6.04 Å². The fraction of sp³-hybridized carbons (Fsp3) is 0.242. The molecule has 0 aromatic heterocycles. The molecule has 210 valence electrons. The zero-order chi connectivity index (χ0) is 28.9. The zero-order valence-electron chi connectivity index (χ0n) is 22.8.